The minimum Gasteiger partial charge on any atom is -0.459 e. The first-order valence-corrected chi connectivity index (χ1v) is 6.73. The maximum Gasteiger partial charge on any atom is 0.159 e. The van der Waals surface area contributed by atoms with Crippen molar-refractivity contribution in [2.75, 3.05) is 0 Å². The average Bonchev–Trinajstić information content (AvgIpc) is 2.89. The van der Waals surface area contributed by atoms with E-state index in [1.165, 1.54) is 12.1 Å². The predicted molar refractivity (Wildman–Crippen MR) is 77.9 cm³/mol. The molecule has 2 nitrogen and oxygen atoms in total. The van der Waals surface area contributed by atoms with E-state index in [0.29, 0.717) is 17.7 Å². The Labute approximate surface area is 121 Å². The topological polar surface area (TPSA) is 39.2 Å². The van der Waals surface area contributed by atoms with Gasteiger partial charge in [0.05, 0.1) is 6.04 Å². The zero-order valence-electron chi connectivity index (χ0n) is 11.6. The number of fused-ring (bicyclic) bond motifs is 1. The number of hydrogen-bond donors (Lipinski definition) is 1. The van der Waals surface area contributed by atoms with Crippen LogP contribution in [0, 0.1) is 18.6 Å². The van der Waals surface area contributed by atoms with Crippen LogP contribution < -0.4 is 5.73 Å². The Hall–Kier alpha value is -2.20. The molecular formula is C17H15F2NO. The predicted octanol–water partition coefficient (Wildman–Crippen LogP) is 4.26. The second-order valence-corrected chi connectivity index (χ2v) is 5.20. The van der Waals surface area contributed by atoms with E-state index in [4.69, 9.17) is 10.2 Å². The van der Waals surface area contributed by atoms with Crippen LogP contribution in [0.25, 0.3) is 11.0 Å². The molecule has 108 valence electrons. The van der Waals surface area contributed by atoms with Gasteiger partial charge in [0, 0.05) is 5.39 Å². The van der Waals surface area contributed by atoms with Crippen molar-refractivity contribution in [1.29, 1.82) is 0 Å². The fourth-order valence-electron chi connectivity index (χ4n) is 2.43. The molecule has 21 heavy (non-hydrogen) atoms. The first kappa shape index (κ1) is 13.8. The van der Waals surface area contributed by atoms with Gasteiger partial charge in [0.2, 0.25) is 0 Å². The highest BCUT2D eigenvalue weighted by Crippen LogP contribution is 2.27. The van der Waals surface area contributed by atoms with Gasteiger partial charge in [-0.25, -0.2) is 8.78 Å². The lowest BCUT2D eigenvalue weighted by Gasteiger charge is -2.09. The molecule has 0 radical (unpaired) electrons. The lowest BCUT2D eigenvalue weighted by Crippen LogP contribution is -2.12. The maximum absolute atomic E-state index is 13.2. The molecule has 0 spiro atoms. The molecule has 0 aliphatic rings. The zero-order valence-corrected chi connectivity index (χ0v) is 11.6. The standard InChI is InChI=1S/C17H15F2NO/c1-10-3-2-4-12-9-16(21-17(10)12)15(20)8-11-5-6-13(18)14(19)7-11/h2-7,9,15H,8,20H2,1H3. The number of hydrogen-bond acceptors (Lipinski definition) is 2. The van der Waals surface area contributed by atoms with E-state index in [1.807, 2.05) is 31.2 Å². The highest BCUT2D eigenvalue weighted by molar-refractivity contribution is 5.81. The van der Waals surface area contributed by atoms with Gasteiger partial charge in [0.25, 0.3) is 0 Å². The molecule has 1 aromatic heterocycles. The largest absolute Gasteiger partial charge is 0.459 e. The van der Waals surface area contributed by atoms with Gasteiger partial charge in [0.1, 0.15) is 11.3 Å². The number of para-hydroxylation sites is 1. The Morgan fingerprint density at radius 1 is 1.10 bits per heavy atom. The van der Waals surface area contributed by atoms with Crippen LogP contribution in [0.5, 0.6) is 0 Å². The van der Waals surface area contributed by atoms with Gasteiger partial charge in [-0.2, -0.15) is 0 Å². The summed E-state index contributed by atoms with van der Waals surface area (Å²) in [6, 6.07) is 11.2. The maximum atomic E-state index is 13.2. The van der Waals surface area contributed by atoms with Gasteiger partial charge in [0.15, 0.2) is 11.6 Å². The van der Waals surface area contributed by atoms with Crippen molar-refractivity contribution in [3.63, 3.8) is 0 Å². The van der Waals surface area contributed by atoms with Crippen molar-refractivity contribution >= 4 is 11.0 Å². The monoisotopic (exact) mass is 287 g/mol. The van der Waals surface area contributed by atoms with Crippen molar-refractivity contribution in [2.45, 2.75) is 19.4 Å². The van der Waals surface area contributed by atoms with Crippen molar-refractivity contribution in [1.82, 2.24) is 0 Å². The summed E-state index contributed by atoms with van der Waals surface area (Å²) in [5, 5.41) is 0.991. The van der Waals surface area contributed by atoms with Crippen LogP contribution in [-0.2, 0) is 6.42 Å². The number of benzene rings is 2. The number of halogens is 2. The van der Waals surface area contributed by atoms with Crippen molar-refractivity contribution < 1.29 is 13.2 Å². The molecule has 3 aromatic rings. The molecule has 3 rings (SSSR count). The third-order valence-corrected chi connectivity index (χ3v) is 3.57. The number of nitrogens with two attached hydrogens (primary N) is 1. The van der Waals surface area contributed by atoms with Crippen LogP contribution in [-0.4, -0.2) is 0 Å². The second kappa shape index (κ2) is 5.30. The summed E-state index contributed by atoms with van der Waals surface area (Å²) in [5.74, 6) is -1.07. The minimum atomic E-state index is -0.861. The summed E-state index contributed by atoms with van der Waals surface area (Å²) >= 11 is 0. The molecule has 1 unspecified atom stereocenters. The summed E-state index contributed by atoms with van der Waals surface area (Å²) < 4.78 is 31.9. The molecule has 1 atom stereocenters. The quantitative estimate of drug-likeness (QED) is 0.781. The lowest BCUT2D eigenvalue weighted by molar-refractivity contribution is 0.487. The summed E-state index contributed by atoms with van der Waals surface area (Å²) in [7, 11) is 0. The van der Waals surface area contributed by atoms with Crippen LogP contribution in [0.1, 0.15) is 22.9 Å². The van der Waals surface area contributed by atoms with Crippen molar-refractivity contribution in [2.24, 2.45) is 5.73 Å². The van der Waals surface area contributed by atoms with Crippen LogP contribution in [0.15, 0.2) is 46.9 Å². The molecule has 2 N–H and O–H groups in total. The molecule has 4 heteroatoms. The summed E-state index contributed by atoms with van der Waals surface area (Å²) in [4.78, 5) is 0. The number of aryl methyl sites for hydroxylation is 1. The summed E-state index contributed by atoms with van der Waals surface area (Å²) in [5.41, 5.74) is 8.61. The molecule has 0 fully saturated rings. The first-order valence-electron chi connectivity index (χ1n) is 6.73. The SMILES string of the molecule is Cc1cccc2cc(C(N)Cc3ccc(F)c(F)c3)oc12. The van der Waals surface area contributed by atoms with Crippen LogP contribution in [0.2, 0.25) is 0 Å². The van der Waals surface area contributed by atoms with E-state index in [2.05, 4.69) is 0 Å². The van der Waals surface area contributed by atoms with E-state index < -0.39 is 17.7 Å². The van der Waals surface area contributed by atoms with Crippen LogP contribution >= 0.6 is 0 Å². The Balaban J connectivity index is 1.87. The third kappa shape index (κ3) is 2.67. The average molecular weight is 287 g/mol. The molecule has 0 amide bonds. The minimum absolute atomic E-state index is 0.385. The fraction of sp³-hybridized carbons (Fsp3) is 0.176. The second-order valence-electron chi connectivity index (χ2n) is 5.20. The Bertz CT molecular complexity index is 795. The number of furan rings is 1. The lowest BCUT2D eigenvalue weighted by atomic mass is 10.0. The van der Waals surface area contributed by atoms with Gasteiger partial charge >= 0.3 is 0 Å². The van der Waals surface area contributed by atoms with Gasteiger partial charge in [-0.3, -0.25) is 0 Å². The highest BCUT2D eigenvalue weighted by atomic mass is 19.2. The molecule has 0 bridgehead atoms. The van der Waals surface area contributed by atoms with E-state index in [1.54, 1.807) is 0 Å². The normalized spacial score (nSPS) is 12.8. The smallest absolute Gasteiger partial charge is 0.159 e. The zero-order chi connectivity index (χ0) is 15.0. The van der Waals surface area contributed by atoms with Gasteiger partial charge in [-0.1, -0.05) is 24.3 Å². The Kier molecular flexibility index (Phi) is 3.47. The van der Waals surface area contributed by atoms with Gasteiger partial charge in [-0.05, 0) is 42.7 Å². The van der Waals surface area contributed by atoms with Gasteiger partial charge in [-0.15, -0.1) is 0 Å². The molecule has 0 saturated carbocycles. The van der Waals surface area contributed by atoms with E-state index in [-0.39, 0.29) is 0 Å². The van der Waals surface area contributed by atoms with E-state index in [0.717, 1.165) is 22.6 Å². The summed E-state index contributed by atoms with van der Waals surface area (Å²) in [6.07, 6.45) is 0.385. The molecular weight excluding hydrogens is 272 g/mol. The fourth-order valence-corrected chi connectivity index (χ4v) is 2.43. The first-order chi connectivity index (χ1) is 10.0. The molecule has 0 aliphatic carbocycles. The molecule has 2 aromatic carbocycles. The Morgan fingerprint density at radius 2 is 1.90 bits per heavy atom. The van der Waals surface area contributed by atoms with E-state index >= 15 is 0 Å². The number of rotatable bonds is 3. The Morgan fingerprint density at radius 3 is 2.62 bits per heavy atom. The molecule has 1 heterocycles. The third-order valence-electron chi connectivity index (χ3n) is 3.57. The van der Waals surface area contributed by atoms with Gasteiger partial charge < -0.3 is 10.2 Å². The molecule has 0 saturated heterocycles. The van der Waals surface area contributed by atoms with Crippen LogP contribution in [0.4, 0.5) is 8.78 Å². The summed E-state index contributed by atoms with van der Waals surface area (Å²) in [6.45, 7) is 1.97. The van der Waals surface area contributed by atoms with Crippen LogP contribution in [0.3, 0.4) is 0 Å². The molecule has 0 aliphatic heterocycles. The van der Waals surface area contributed by atoms with Crippen molar-refractivity contribution in [3.05, 3.63) is 71.0 Å². The highest BCUT2D eigenvalue weighted by Gasteiger charge is 2.14. The van der Waals surface area contributed by atoms with E-state index in [9.17, 15) is 8.78 Å². The van der Waals surface area contributed by atoms with Crippen molar-refractivity contribution in [3.8, 4) is 0 Å².